The summed E-state index contributed by atoms with van der Waals surface area (Å²) < 4.78 is 0. The molecule has 0 spiro atoms. The molecule has 3 heteroatoms. The largest absolute Gasteiger partial charge is 0.276 e. The number of nitriles is 1. The summed E-state index contributed by atoms with van der Waals surface area (Å²) >= 11 is 1.72. The minimum absolute atomic E-state index is 0.457. The van der Waals surface area contributed by atoms with Gasteiger partial charge in [-0.2, -0.15) is 5.26 Å². The van der Waals surface area contributed by atoms with Crippen LogP contribution < -0.4 is 0 Å². The van der Waals surface area contributed by atoms with Gasteiger partial charge in [0.15, 0.2) is 4.87 Å². The first-order chi connectivity index (χ1) is 6.79. The van der Waals surface area contributed by atoms with Gasteiger partial charge in [0.05, 0.1) is 0 Å². The predicted octanol–water partition coefficient (Wildman–Crippen LogP) is 2.04. The maximum Gasteiger partial charge on any atom is 0.181 e. The van der Waals surface area contributed by atoms with Gasteiger partial charge in [-0.3, -0.25) is 4.90 Å². The fourth-order valence-corrected chi connectivity index (χ4v) is 3.09. The summed E-state index contributed by atoms with van der Waals surface area (Å²) in [6.07, 6.45) is 0. The highest BCUT2D eigenvalue weighted by atomic mass is 32.2. The van der Waals surface area contributed by atoms with Crippen LogP contribution in [0, 0.1) is 11.3 Å². The molecule has 0 radical (unpaired) electrons. The molecule has 0 N–H and O–H groups in total. The van der Waals surface area contributed by atoms with Crippen LogP contribution in [0.3, 0.4) is 0 Å². The standard InChI is InChI=1S/C11H12N2S/c1-13-7-8-14-11(13,9-12)10-5-3-2-4-6-10/h2-6H,7-8H2,1H3. The molecule has 1 atom stereocenters. The molecule has 0 bridgehead atoms. The number of rotatable bonds is 1. The zero-order valence-corrected chi connectivity index (χ0v) is 8.92. The fourth-order valence-electron chi connectivity index (χ4n) is 1.75. The maximum absolute atomic E-state index is 9.33. The molecule has 1 aliphatic heterocycles. The Bertz CT molecular complexity index is 357. The maximum atomic E-state index is 9.33. The van der Waals surface area contributed by atoms with E-state index in [1.807, 2.05) is 37.4 Å². The second-order valence-corrected chi connectivity index (χ2v) is 4.68. The lowest BCUT2D eigenvalue weighted by atomic mass is 10.1. The van der Waals surface area contributed by atoms with Crippen molar-refractivity contribution in [3.63, 3.8) is 0 Å². The highest BCUT2D eigenvalue weighted by Crippen LogP contribution is 2.42. The lowest BCUT2D eigenvalue weighted by Gasteiger charge is -2.28. The molecule has 1 heterocycles. The van der Waals surface area contributed by atoms with E-state index in [-0.39, 0.29) is 0 Å². The lowest BCUT2D eigenvalue weighted by molar-refractivity contribution is 0.298. The third-order valence-electron chi connectivity index (χ3n) is 2.59. The average Bonchev–Trinajstić information content (AvgIpc) is 2.62. The summed E-state index contributed by atoms with van der Waals surface area (Å²) in [4.78, 5) is 1.66. The Kier molecular flexibility index (Phi) is 2.49. The smallest absolute Gasteiger partial charge is 0.181 e. The van der Waals surface area contributed by atoms with Gasteiger partial charge in [-0.05, 0) is 12.6 Å². The average molecular weight is 204 g/mol. The van der Waals surface area contributed by atoms with Crippen LogP contribution in [-0.2, 0) is 4.87 Å². The van der Waals surface area contributed by atoms with Crippen molar-refractivity contribution in [2.45, 2.75) is 4.87 Å². The first-order valence-corrected chi connectivity index (χ1v) is 5.60. The first-order valence-electron chi connectivity index (χ1n) is 4.61. The molecule has 1 aromatic rings. The van der Waals surface area contributed by atoms with Crippen LogP contribution in [0.1, 0.15) is 5.56 Å². The molecule has 0 amide bonds. The van der Waals surface area contributed by atoms with Gasteiger partial charge in [-0.15, -0.1) is 11.8 Å². The van der Waals surface area contributed by atoms with Gasteiger partial charge in [0.1, 0.15) is 6.07 Å². The summed E-state index contributed by atoms with van der Waals surface area (Å²) in [6.45, 7) is 0.979. The monoisotopic (exact) mass is 204 g/mol. The Balaban J connectivity index is 2.44. The van der Waals surface area contributed by atoms with Crippen LogP contribution in [0.5, 0.6) is 0 Å². The Hall–Kier alpha value is -0.980. The zero-order chi connectivity index (χ0) is 10.0. The Labute approximate surface area is 88.5 Å². The van der Waals surface area contributed by atoms with Gasteiger partial charge in [-0.25, -0.2) is 0 Å². The van der Waals surface area contributed by atoms with E-state index < -0.39 is 4.87 Å². The van der Waals surface area contributed by atoms with Crippen molar-refractivity contribution in [1.82, 2.24) is 4.90 Å². The molecule has 2 nitrogen and oxygen atoms in total. The van der Waals surface area contributed by atoms with E-state index in [4.69, 9.17) is 0 Å². The second-order valence-electron chi connectivity index (χ2n) is 3.39. The van der Waals surface area contributed by atoms with Crippen molar-refractivity contribution in [1.29, 1.82) is 5.26 Å². The van der Waals surface area contributed by atoms with E-state index >= 15 is 0 Å². The molecule has 1 unspecified atom stereocenters. The van der Waals surface area contributed by atoms with Crippen LogP contribution in [-0.4, -0.2) is 24.2 Å². The summed E-state index contributed by atoms with van der Waals surface area (Å²) in [7, 11) is 2.01. The quantitative estimate of drug-likeness (QED) is 0.700. The van der Waals surface area contributed by atoms with Gasteiger partial charge in [-0.1, -0.05) is 30.3 Å². The first kappa shape index (κ1) is 9.57. The van der Waals surface area contributed by atoms with E-state index in [2.05, 4.69) is 11.0 Å². The van der Waals surface area contributed by atoms with Gasteiger partial charge in [0.2, 0.25) is 0 Å². The number of hydrogen-bond donors (Lipinski definition) is 0. The summed E-state index contributed by atoms with van der Waals surface area (Å²) in [5, 5.41) is 9.33. The Morgan fingerprint density at radius 2 is 2.14 bits per heavy atom. The van der Waals surface area contributed by atoms with E-state index in [1.54, 1.807) is 11.8 Å². The van der Waals surface area contributed by atoms with Crippen molar-refractivity contribution < 1.29 is 0 Å². The SMILES string of the molecule is CN1CCSC1(C#N)c1ccccc1. The summed E-state index contributed by atoms with van der Waals surface area (Å²) in [6, 6.07) is 12.4. The molecule has 72 valence electrons. The van der Waals surface area contributed by atoms with Gasteiger partial charge in [0.25, 0.3) is 0 Å². The highest BCUT2D eigenvalue weighted by Gasteiger charge is 2.41. The molecule has 0 aromatic heterocycles. The fraction of sp³-hybridized carbons (Fsp3) is 0.364. The van der Waals surface area contributed by atoms with Crippen molar-refractivity contribution in [2.75, 3.05) is 19.3 Å². The van der Waals surface area contributed by atoms with Crippen LogP contribution in [0.15, 0.2) is 30.3 Å². The Morgan fingerprint density at radius 1 is 1.43 bits per heavy atom. The van der Waals surface area contributed by atoms with Crippen LogP contribution in [0.2, 0.25) is 0 Å². The molecule has 0 aliphatic carbocycles. The molecule has 1 fully saturated rings. The van der Waals surface area contributed by atoms with Crippen molar-refractivity contribution in [2.24, 2.45) is 0 Å². The predicted molar refractivity (Wildman–Crippen MR) is 58.8 cm³/mol. The molecule has 1 aliphatic rings. The third-order valence-corrected chi connectivity index (χ3v) is 4.03. The summed E-state index contributed by atoms with van der Waals surface area (Å²) in [5.41, 5.74) is 1.09. The Morgan fingerprint density at radius 3 is 2.64 bits per heavy atom. The van der Waals surface area contributed by atoms with E-state index in [0.717, 1.165) is 17.9 Å². The second kappa shape index (κ2) is 3.64. The molecule has 1 aromatic carbocycles. The van der Waals surface area contributed by atoms with Crippen LogP contribution in [0.4, 0.5) is 0 Å². The minimum atomic E-state index is -0.457. The molecule has 0 saturated carbocycles. The van der Waals surface area contributed by atoms with Crippen molar-refractivity contribution in [3.8, 4) is 6.07 Å². The van der Waals surface area contributed by atoms with Crippen molar-refractivity contribution >= 4 is 11.8 Å². The normalized spacial score (nSPS) is 27.4. The van der Waals surface area contributed by atoms with E-state index in [9.17, 15) is 5.26 Å². The zero-order valence-electron chi connectivity index (χ0n) is 8.10. The highest BCUT2D eigenvalue weighted by molar-refractivity contribution is 8.00. The number of hydrogen-bond acceptors (Lipinski definition) is 3. The van der Waals surface area contributed by atoms with Crippen LogP contribution >= 0.6 is 11.8 Å². The molecular formula is C11H12N2S. The number of thioether (sulfide) groups is 1. The third kappa shape index (κ3) is 1.31. The van der Waals surface area contributed by atoms with Gasteiger partial charge >= 0.3 is 0 Å². The molecule has 2 rings (SSSR count). The summed E-state index contributed by atoms with van der Waals surface area (Å²) in [5.74, 6) is 1.03. The molecular weight excluding hydrogens is 192 g/mol. The van der Waals surface area contributed by atoms with Crippen molar-refractivity contribution in [3.05, 3.63) is 35.9 Å². The minimum Gasteiger partial charge on any atom is -0.276 e. The van der Waals surface area contributed by atoms with Gasteiger partial charge in [0, 0.05) is 12.3 Å². The number of benzene rings is 1. The molecule has 14 heavy (non-hydrogen) atoms. The topological polar surface area (TPSA) is 27.0 Å². The van der Waals surface area contributed by atoms with E-state index in [0.29, 0.717) is 0 Å². The van der Waals surface area contributed by atoms with Gasteiger partial charge < -0.3 is 0 Å². The number of nitrogens with zero attached hydrogens (tertiary/aromatic N) is 2. The molecule has 1 saturated heterocycles. The van der Waals surface area contributed by atoms with Crippen LogP contribution in [0.25, 0.3) is 0 Å². The lowest BCUT2D eigenvalue weighted by Crippen LogP contribution is -2.34. The van der Waals surface area contributed by atoms with E-state index in [1.165, 1.54) is 0 Å².